The lowest BCUT2D eigenvalue weighted by atomic mass is 10.3. The van der Waals surface area contributed by atoms with Gasteiger partial charge in [0.1, 0.15) is 4.60 Å². The van der Waals surface area contributed by atoms with Crippen LogP contribution in [0.15, 0.2) is 22.9 Å². The smallest absolute Gasteiger partial charge is 0.225 e. The molecule has 3 nitrogen and oxygen atoms in total. The van der Waals surface area contributed by atoms with Gasteiger partial charge in [0.15, 0.2) is 0 Å². The minimum absolute atomic E-state index is 0.100. The number of hydrogen-bond donors (Lipinski definition) is 1. The third kappa shape index (κ3) is 3.19. The number of carbonyl (C=O) groups is 1. The van der Waals surface area contributed by atoms with Gasteiger partial charge in [-0.15, -0.1) is 12.3 Å². The van der Waals surface area contributed by atoms with Gasteiger partial charge >= 0.3 is 0 Å². The number of anilines is 1. The SMILES string of the molecule is C#CCCC(=O)Nc1cccnc1Br. The van der Waals surface area contributed by atoms with Crippen LogP contribution in [0.2, 0.25) is 0 Å². The van der Waals surface area contributed by atoms with Crippen molar-refractivity contribution in [3.63, 3.8) is 0 Å². The predicted octanol–water partition coefficient (Wildman–Crippen LogP) is 2.20. The zero-order valence-corrected chi connectivity index (χ0v) is 9.04. The Bertz CT molecular complexity index is 371. The molecule has 0 aliphatic heterocycles. The molecule has 4 heteroatoms. The highest BCUT2D eigenvalue weighted by Gasteiger charge is 2.04. The molecule has 0 radical (unpaired) electrons. The second-order valence-corrected chi connectivity index (χ2v) is 3.35. The van der Waals surface area contributed by atoms with Crippen molar-refractivity contribution in [1.29, 1.82) is 0 Å². The first kappa shape index (κ1) is 10.7. The second kappa shape index (κ2) is 5.40. The average Bonchev–Trinajstić information content (AvgIpc) is 2.18. The number of nitrogens with one attached hydrogen (secondary N) is 1. The lowest BCUT2D eigenvalue weighted by Gasteiger charge is -2.04. The standard InChI is InChI=1S/C10H9BrN2O/c1-2-3-6-9(14)13-8-5-4-7-12-10(8)11/h1,4-5,7H,3,6H2,(H,13,14). The van der Waals surface area contributed by atoms with E-state index in [1.54, 1.807) is 18.3 Å². The van der Waals surface area contributed by atoms with E-state index in [1.807, 2.05) is 0 Å². The van der Waals surface area contributed by atoms with Crippen LogP contribution >= 0.6 is 15.9 Å². The Balaban J connectivity index is 2.57. The number of amides is 1. The summed E-state index contributed by atoms with van der Waals surface area (Å²) in [7, 11) is 0. The molecule has 0 aliphatic rings. The Hall–Kier alpha value is -1.34. The van der Waals surface area contributed by atoms with Crippen LogP contribution in [0.25, 0.3) is 0 Å². The molecule has 1 rings (SSSR count). The second-order valence-electron chi connectivity index (χ2n) is 2.59. The van der Waals surface area contributed by atoms with Gasteiger partial charge in [0.25, 0.3) is 0 Å². The zero-order chi connectivity index (χ0) is 10.4. The summed E-state index contributed by atoms with van der Waals surface area (Å²) in [6.45, 7) is 0. The summed E-state index contributed by atoms with van der Waals surface area (Å²) in [4.78, 5) is 15.2. The monoisotopic (exact) mass is 252 g/mol. The summed E-state index contributed by atoms with van der Waals surface area (Å²) >= 11 is 3.23. The Kier molecular flexibility index (Phi) is 4.14. The fraction of sp³-hybridized carbons (Fsp3) is 0.200. The highest BCUT2D eigenvalue weighted by molar-refractivity contribution is 9.10. The summed E-state index contributed by atoms with van der Waals surface area (Å²) in [5.74, 6) is 2.31. The van der Waals surface area contributed by atoms with Gasteiger partial charge < -0.3 is 5.32 Å². The number of pyridine rings is 1. The lowest BCUT2D eigenvalue weighted by molar-refractivity contribution is -0.116. The summed E-state index contributed by atoms with van der Waals surface area (Å²) in [6.07, 6.45) is 7.47. The number of rotatable bonds is 3. The van der Waals surface area contributed by atoms with E-state index in [2.05, 4.69) is 32.2 Å². The van der Waals surface area contributed by atoms with Crippen molar-refractivity contribution in [3.05, 3.63) is 22.9 Å². The molecule has 0 fully saturated rings. The Morgan fingerprint density at radius 1 is 1.71 bits per heavy atom. The molecule has 0 unspecified atom stereocenters. The molecular weight excluding hydrogens is 244 g/mol. The number of carbonyl (C=O) groups excluding carboxylic acids is 1. The largest absolute Gasteiger partial charge is 0.324 e. The van der Waals surface area contributed by atoms with E-state index in [0.29, 0.717) is 23.1 Å². The van der Waals surface area contributed by atoms with Gasteiger partial charge in [-0.05, 0) is 28.1 Å². The Morgan fingerprint density at radius 3 is 3.14 bits per heavy atom. The van der Waals surface area contributed by atoms with Gasteiger partial charge in [-0.3, -0.25) is 4.79 Å². The molecule has 0 spiro atoms. The van der Waals surface area contributed by atoms with E-state index in [-0.39, 0.29) is 5.91 Å². The maximum atomic E-state index is 11.3. The van der Waals surface area contributed by atoms with Crippen molar-refractivity contribution in [1.82, 2.24) is 4.98 Å². The van der Waals surface area contributed by atoms with E-state index in [4.69, 9.17) is 6.42 Å². The van der Waals surface area contributed by atoms with Crippen molar-refractivity contribution in [2.75, 3.05) is 5.32 Å². The number of terminal acetylenes is 1. The van der Waals surface area contributed by atoms with Gasteiger partial charge in [-0.1, -0.05) is 0 Å². The van der Waals surface area contributed by atoms with Crippen molar-refractivity contribution < 1.29 is 4.79 Å². The van der Waals surface area contributed by atoms with Crippen LogP contribution in [0.5, 0.6) is 0 Å². The van der Waals surface area contributed by atoms with Crippen molar-refractivity contribution >= 4 is 27.5 Å². The van der Waals surface area contributed by atoms with Crippen molar-refractivity contribution in [2.24, 2.45) is 0 Å². The van der Waals surface area contributed by atoms with Gasteiger partial charge in [0, 0.05) is 19.0 Å². The molecular formula is C10H9BrN2O. The molecule has 0 saturated carbocycles. The maximum absolute atomic E-state index is 11.3. The van der Waals surface area contributed by atoms with Crippen LogP contribution in [-0.2, 0) is 4.79 Å². The van der Waals surface area contributed by atoms with E-state index >= 15 is 0 Å². The minimum atomic E-state index is -0.100. The third-order valence-electron chi connectivity index (χ3n) is 1.53. The van der Waals surface area contributed by atoms with E-state index in [0.717, 1.165) is 0 Å². The van der Waals surface area contributed by atoms with Crippen LogP contribution in [0.4, 0.5) is 5.69 Å². The normalized spacial score (nSPS) is 9.14. The molecule has 0 bridgehead atoms. The topological polar surface area (TPSA) is 42.0 Å². The van der Waals surface area contributed by atoms with Gasteiger partial charge in [0.2, 0.25) is 5.91 Å². The first-order valence-corrected chi connectivity index (χ1v) is 4.87. The Labute approximate surface area is 91.1 Å². The van der Waals surface area contributed by atoms with Gasteiger partial charge in [-0.2, -0.15) is 0 Å². The maximum Gasteiger partial charge on any atom is 0.225 e. The fourth-order valence-corrected chi connectivity index (χ4v) is 1.23. The molecule has 1 N–H and O–H groups in total. The summed E-state index contributed by atoms with van der Waals surface area (Å²) in [5.41, 5.74) is 0.662. The van der Waals surface area contributed by atoms with Crippen LogP contribution in [0.1, 0.15) is 12.8 Å². The molecule has 72 valence electrons. The summed E-state index contributed by atoms with van der Waals surface area (Å²) < 4.78 is 0.619. The summed E-state index contributed by atoms with van der Waals surface area (Å²) in [6, 6.07) is 3.52. The molecule has 1 aromatic rings. The van der Waals surface area contributed by atoms with Crippen LogP contribution < -0.4 is 5.32 Å². The lowest BCUT2D eigenvalue weighted by Crippen LogP contribution is -2.11. The molecule has 0 saturated heterocycles. The molecule has 0 aliphatic carbocycles. The van der Waals surface area contributed by atoms with E-state index in [1.165, 1.54) is 0 Å². The van der Waals surface area contributed by atoms with E-state index in [9.17, 15) is 4.79 Å². The Morgan fingerprint density at radius 2 is 2.50 bits per heavy atom. The number of hydrogen-bond acceptors (Lipinski definition) is 2. The van der Waals surface area contributed by atoms with Crippen LogP contribution in [0, 0.1) is 12.3 Å². The molecule has 1 amide bonds. The fourth-order valence-electron chi connectivity index (χ4n) is 0.878. The molecule has 1 heterocycles. The number of nitrogens with zero attached hydrogens (tertiary/aromatic N) is 1. The first-order valence-electron chi connectivity index (χ1n) is 4.08. The summed E-state index contributed by atoms with van der Waals surface area (Å²) in [5, 5.41) is 2.70. The highest BCUT2D eigenvalue weighted by atomic mass is 79.9. The molecule has 0 aromatic carbocycles. The predicted molar refractivity (Wildman–Crippen MR) is 58.6 cm³/mol. The van der Waals surface area contributed by atoms with Crippen molar-refractivity contribution in [3.8, 4) is 12.3 Å². The zero-order valence-electron chi connectivity index (χ0n) is 7.46. The quantitative estimate of drug-likeness (QED) is 0.662. The van der Waals surface area contributed by atoms with Crippen LogP contribution in [-0.4, -0.2) is 10.9 Å². The molecule has 14 heavy (non-hydrogen) atoms. The third-order valence-corrected chi connectivity index (χ3v) is 2.16. The average molecular weight is 253 g/mol. The minimum Gasteiger partial charge on any atom is -0.324 e. The number of halogens is 1. The highest BCUT2D eigenvalue weighted by Crippen LogP contribution is 2.18. The van der Waals surface area contributed by atoms with Gasteiger partial charge in [-0.25, -0.2) is 4.98 Å². The van der Waals surface area contributed by atoms with E-state index < -0.39 is 0 Å². The number of aromatic nitrogens is 1. The first-order chi connectivity index (χ1) is 6.74. The van der Waals surface area contributed by atoms with Gasteiger partial charge in [0.05, 0.1) is 5.69 Å². The molecule has 1 aromatic heterocycles. The van der Waals surface area contributed by atoms with Crippen LogP contribution in [0.3, 0.4) is 0 Å². The molecule has 0 atom stereocenters. The van der Waals surface area contributed by atoms with Crippen molar-refractivity contribution in [2.45, 2.75) is 12.8 Å².